The van der Waals surface area contributed by atoms with E-state index in [1.165, 1.54) is 18.2 Å². The van der Waals surface area contributed by atoms with E-state index in [1.54, 1.807) is 23.5 Å². The minimum atomic E-state index is -0.356. The van der Waals surface area contributed by atoms with E-state index in [-0.39, 0.29) is 11.7 Å². The Morgan fingerprint density at radius 2 is 2.26 bits per heavy atom. The number of amides is 1. The maximum Gasteiger partial charge on any atom is 0.244 e. The third kappa shape index (κ3) is 4.29. The highest BCUT2D eigenvalue weighted by atomic mass is 79.9. The molecule has 2 aromatic rings. The van der Waals surface area contributed by atoms with Crippen molar-refractivity contribution in [2.24, 2.45) is 0 Å². The molecule has 0 saturated heterocycles. The van der Waals surface area contributed by atoms with Gasteiger partial charge in [-0.3, -0.25) is 4.79 Å². The van der Waals surface area contributed by atoms with Gasteiger partial charge in [0.1, 0.15) is 5.82 Å². The van der Waals surface area contributed by atoms with Gasteiger partial charge in [-0.05, 0) is 35.7 Å². The predicted molar refractivity (Wildman–Crippen MR) is 79.3 cm³/mol. The molecule has 0 saturated carbocycles. The maximum atomic E-state index is 13.4. The van der Waals surface area contributed by atoms with Gasteiger partial charge in [0.2, 0.25) is 5.91 Å². The van der Waals surface area contributed by atoms with Gasteiger partial charge in [-0.1, -0.05) is 22.0 Å². The van der Waals surface area contributed by atoms with Crippen molar-refractivity contribution in [3.8, 4) is 0 Å². The first-order chi connectivity index (χ1) is 9.15. The zero-order chi connectivity index (χ0) is 13.7. The summed E-state index contributed by atoms with van der Waals surface area (Å²) in [6, 6.07) is 8.47. The van der Waals surface area contributed by atoms with Gasteiger partial charge in [-0.25, -0.2) is 4.39 Å². The number of hydrogen-bond acceptors (Lipinski definition) is 2. The van der Waals surface area contributed by atoms with E-state index in [0.717, 1.165) is 9.35 Å². The maximum absolute atomic E-state index is 13.4. The number of rotatable bonds is 4. The fourth-order valence-electron chi connectivity index (χ4n) is 1.45. The lowest BCUT2D eigenvalue weighted by molar-refractivity contribution is -0.116. The van der Waals surface area contributed by atoms with Crippen molar-refractivity contribution in [3.05, 3.63) is 62.5 Å². The molecule has 0 fully saturated rings. The van der Waals surface area contributed by atoms with Crippen molar-refractivity contribution >= 4 is 39.2 Å². The summed E-state index contributed by atoms with van der Waals surface area (Å²) >= 11 is 4.84. The second kappa shape index (κ2) is 6.63. The molecule has 1 aromatic carbocycles. The average molecular weight is 340 g/mol. The Hall–Kier alpha value is -1.46. The van der Waals surface area contributed by atoms with Gasteiger partial charge in [0.25, 0.3) is 0 Å². The van der Waals surface area contributed by atoms with E-state index in [9.17, 15) is 9.18 Å². The van der Waals surface area contributed by atoms with Crippen LogP contribution in [0.25, 0.3) is 6.08 Å². The summed E-state index contributed by atoms with van der Waals surface area (Å²) in [7, 11) is 0. The molecule has 1 heterocycles. The van der Waals surface area contributed by atoms with Gasteiger partial charge >= 0.3 is 0 Å². The molecule has 19 heavy (non-hydrogen) atoms. The van der Waals surface area contributed by atoms with Crippen molar-refractivity contribution in [1.82, 2.24) is 5.32 Å². The fourth-order valence-corrected chi connectivity index (χ4v) is 2.48. The van der Waals surface area contributed by atoms with Crippen LogP contribution in [0.4, 0.5) is 4.39 Å². The van der Waals surface area contributed by atoms with Crippen molar-refractivity contribution in [3.63, 3.8) is 0 Å². The molecule has 0 radical (unpaired) electrons. The molecular formula is C14H11BrFNOS. The van der Waals surface area contributed by atoms with Crippen LogP contribution in [0.3, 0.4) is 0 Å². The van der Waals surface area contributed by atoms with Gasteiger partial charge < -0.3 is 5.32 Å². The number of thiophene rings is 1. The molecule has 1 aromatic heterocycles. The Morgan fingerprint density at radius 1 is 1.42 bits per heavy atom. The quantitative estimate of drug-likeness (QED) is 0.838. The standard InChI is InChI=1S/C14H11BrFNOS/c15-11-4-5-13(16)10(8-11)3-6-14(18)17-9-12-2-1-7-19-12/h1-8H,9H2,(H,17,18)/b6-3+. The first kappa shape index (κ1) is 14.0. The van der Waals surface area contributed by atoms with E-state index in [4.69, 9.17) is 0 Å². The largest absolute Gasteiger partial charge is 0.348 e. The minimum Gasteiger partial charge on any atom is -0.348 e. The predicted octanol–water partition coefficient (Wildman–Crippen LogP) is 3.98. The van der Waals surface area contributed by atoms with Gasteiger partial charge in [-0.15, -0.1) is 11.3 Å². The zero-order valence-electron chi connectivity index (χ0n) is 9.90. The Balaban J connectivity index is 1.94. The van der Waals surface area contributed by atoms with Crippen LogP contribution in [0.1, 0.15) is 10.4 Å². The first-order valence-corrected chi connectivity index (χ1v) is 7.26. The summed E-state index contributed by atoms with van der Waals surface area (Å²) in [4.78, 5) is 12.7. The zero-order valence-corrected chi connectivity index (χ0v) is 12.3. The molecule has 0 unspecified atom stereocenters. The van der Waals surface area contributed by atoms with Crippen LogP contribution in [0, 0.1) is 5.82 Å². The molecule has 0 aliphatic rings. The lowest BCUT2D eigenvalue weighted by Crippen LogP contribution is -2.19. The van der Waals surface area contributed by atoms with E-state index in [1.807, 2.05) is 17.5 Å². The first-order valence-electron chi connectivity index (χ1n) is 5.58. The summed E-state index contributed by atoms with van der Waals surface area (Å²) < 4.78 is 14.2. The second-order valence-electron chi connectivity index (χ2n) is 3.80. The molecule has 2 nitrogen and oxygen atoms in total. The van der Waals surface area contributed by atoms with Crippen LogP contribution in [0.5, 0.6) is 0 Å². The normalized spacial score (nSPS) is 10.8. The minimum absolute atomic E-state index is 0.243. The smallest absolute Gasteiger partial charge is 0.244 e. The third-order valence-electron chi connectivity index (χ3n) is 2.39. The molecule has 0 aliphatic carbocycles. The van der Waals surface area contributed by atoms with Crippen LogP contribution in [-0.2, 0) is 11.3 Å². The lowest BCUT2D eigenvalue weighted by Gasteiger charge is -2.00. The molecule has 0 spiro atoms. The van der Waals surface area contributed by atoms with Crippen molar-refractivity contribution in [2.75, 3.05) is 0 Å². The molecule has 0 bridgehead atoms. The van der Waals surface area contributed by atoms with E-state index >= 15 is 0 Å². The Labute approximate surface area is 123 Å². The molecule has 1 amide bonds. The summed E-state index contributed by atoms with van der Waals surface area (Å²) in [6.07, 6.45) is 2.79. The number of benzene rings is 1. The fraction of sp³-hybridized carbons (Fsp3) is 0.0714. The third-order valence-corrected chi connectivity index (χ3v) is 3.76. The summed E-state index contributed by atoms with van der Waals surface area (Å²) in [6.45, 7) is 0.488. The Bertz CT molecular complexity index is 595. The van der Waals surface area contributed by atoms with E-state index < -0.39 is 0 Å². The lowest BCUT2D eigenvalue weighted by atomic mass is 10.2. The van der Waals surface area contributed by atoms with Crippen LogP contribution in [0.15, 0.2) is 46.3 Å². The summed E-state index contributed by atoms with van der Waals surface area (Å²) in [5.41, 5.74) is 0.376. The number of nitrogens with one attached hydrogen (secondary N) is 1. The van der Waals surface area contributed by atoms with Crippen LogP contribution in [0.2, 0.25) is 0 Å². The summed E-state index contributed by atoms with van der Waals surface area (Å²) in [5.74, 6) is -0.599. The average Bonchev–Trinajstić information content (AvgIpc) is 2.90. The molecule has 0 atom stereocenters. The van der Waals surface area contributed by atoms with Crippen LogP contribution < -0.4 is 5.32 Å². The Morgan fingerprint density at radius 3 is 3.00 bits per heavy atom. The van der Waals surface area contributed by atoms with Crippen molar-refractivity contribution in [1.29, 1.82) is 0 Å². The topological polar surface area (TPSA) is 29.1 Å². The SMILES string of the molecule is O=C(/C=C/c1cc(Br)ccc1F)NCc1cccs1. The number of carbonyl (C=O) groups excluding carboxylic acids is 1. The van der Waals surface area contributed by atoms with Gasteiger partial charge in [0, 0.05) is 21.0 Å². The molecule has 98 valence electrons. The number of carbonyl (C=O) groups is 1. The highest BCUT2D eigenvalue weighted by Gasteiger charge is 2.01. The molecule has 1 N–H and O–H groups in total. The number of hydrogen-bond donors (Lipinski definition) is 1. The number of halogens is 2. The van der Waals surface area contributed by atoms with E-state index in [2.05, 4.69) is 21.2 Å². The van der Waals surface area contributed by atoms with Gasteiger partial charge in [0.15, 0.2) is 0 Å². The molecular weight excluding hydrogens is 329 g/mol. The molecule has 5 heteroatoms. The molecule has 2 rings (SSSR count). The van der Waals surface area contributed by atoms with Gasteiger partial charge in [0.05, 0.1) is 6.54 Å². The Kier molecular flexibility index (Phi) is 4.87. The molecule has 0 aliphatic heterocycles. The van der Waals surface area contributed by atoms with Gasteiger partial charge in [-0.2, -0.15) is 0 Å². The van der Waals surface area contributed by atoms with Crippen molar-refractivity contribution in [2.45, 2.75) is 6.54 Å². The van der Waals surface area contributed by atoms with Crippen LogP contribution in [-0.4, -0.2) is 5.91 Å². The summed E-state index contributed by atoms with van der Waals surface area (Å²) in [5, 5.41) is 4.69. The van der Waals surface area contributed by atoms with E-state index in [0.29, 0.717) is 12.1 Å². The highest BCUT2D eigenvalue weighted by Crippen LogP contribution is 2.16. The monoisotopic (exact) mass is 339 g/mol. The van der Waals surface area contributed by atoms with Crippen molar-refractivity contribution < 1.29 is 9.18 Å². The second-order valence-corrected chi connectivity index (χ2v) is 5.74. The highest BCUT2D eigenvalue weighted by molar-refractivity contribution is 9.10. The van der Waals surface area contributed by atoms with Crippen LogP contribution >= 0.6 is 27.3 Å².